The Morgan fingerprint density at radius 2 is 1.88 bits per heavy atom. The molecule has 0 saturated heterocycles. The van der Waals surface area contributed by atoms with Gasteiger partial charge in [-0.05, 0) is 36.5 Å². The molecule has 0 radical (unpaired) electrons. The number of hydrogen-bond acceptors (Lipinski definition) is 2. The summed E-state index contributed by atoms with van der Waals surface area (Å²) < 4.78 is 5.71. The summed E-state index contributed by atoms with van der Waals surface area (Å²) in [6.07, 6.45) is 4.24. The van der Waals surface area contributed by atoms with E-state index >= 15 is 0 Å². The number of ether oxygens (including phenoxy) is 1. The molecule has 1 rings (SSSR count). The minimum atomic E-state index is -0.00949. The Labute approximate surface area is 106 Å². The average molecular weight is 240 g/mol. The van der Waals surface area contributed by atoms with Crippen LogP contribution in [0.5, 0.6) is 0 Å². The van der Waals surface area contributed by atoms with E-state index in [9.17, 15) is 4.79 Å². The van der Waals surface area contributed by atoms with Crippen molar-refractivity contribution in [3.05, 3.63) is 0 Å². The lowest BCUT2D eigenvalue weighted by Crippen LogP contribution is -2.36. The van der Waals surface area contributed by atoms with Crippen LogP contribution in [0.4, 0.5) is 0 Å². The Morgan fingerprint density at radius 3 is 2.41 bits per heavy atom. The predicted molar refractivity (Wildman–Crippen MR) is 70.7 cm³/mol. The third-order valence-electron chi connectivity index (χ3n) is 3.82. The summed E-state index contributed by atoms with van der Waals surface area (Å²) in [5.41, 5.74) is 0. The van der Waals surface area contributed by atoms with Crippen LogP contribution in [0.1, 0.15) is 60.3 Å². The second-order valence-electron chi connectivity index (χ2n) is 6.45. The van der Waals surface area contributed by atoms with E-state index in [0.717, 1.165) is 6.42 Å². The third kappa shape index (κ3) is 4.69. The molecular weight excluding hydrogens is 212 g/mol. The second kappa shape index (κ2) is 6.42. The Bertz CT molecular complexity index is 245. The summed E-state index contributed by atoms with van der Waals surface area (Å²) in [6, 6.07) is 0. The van der Waals surface area contributed by atoms with Crippen LogP contribution in [0.15, 0.2) is 0 Å². The first-order valence-corrected chi connectivity index (χ1v) is 7.09. The monoisotopic (exact) mass is 240 g/mol. The molecule has 0 aromatic heterocycles. The van der Waals surface area contributed by atoms with Crippen molar-refractivity contribution in [1.29, 1.82) is 0 Å². The molecule has 2 nitrogen and oxygen atoms in total. The normalized spacial score (nSPS) is 29.7. The third-order valence-corrected chi connectivity index (χ3v) is 3.82. The van der Waals surface area contributed by atoms with Crippen molar-refractivity contribution >= 4 is 5.97 Å². The highest BCUT2D eigenvalue weighted by atomic mass is 16.5. The van der Waals surface area contributed by atoms with E-state index in [4.69, 9.17) is 4.74 Å². The molecule has 0 spiro atoms. The smallest absolute Gasteiger partial charge is 0.306 e. The first kappa shape index (κ1) is 14.5. The zero-order valence-electron chi connectivity index (χ0n) is 12.0. The lowest BCUT2D eigenvalue weighted by Gasteiger charge is -2.36. The van der Waals surface area contributed by atoms with Gasteiger partial charge in [0.25, 0.3) is 0 Å². The van der Waals surface area contributed by atoms with Crippen LogP contribution in [0, 0.1) is 23.7 Å². The van der Waals surface area contributed by atoms with Gasteiger partial charge in [-0.1, -0.05) is 41.0 Å². The van der Waals surface area contributed by atoms with Gasteiger partial charge in [0.15, 0.2) is 0 Å². The molecule has 0 aliphatic heterocycles. The Balaban J connectivity index is 2.54. The van der Waals surface area contributed by atoms with Crippen LogP contribution in [0.3, 0.4) is 0 Å². The summed E-state index contributed by atoms with van der Waals surface area (Å²) in [7, 11) is 0. The van der Waals surface area contributed by atoms with Crippen molar-refractivity contribution < 1.29 is 9.53 Å². The van der Waals surface area contributed by atoms with E-state index in [1.807, 2.05) is 0 Å². The number of hydrogen-bond donors (Lipinski definition) is 0. The molecular formula is C15H28O2. The highest BCUT2D eigenvalue weighted by Gasteiger charge is 2.33. The Kier molecular flexibility index (Phi) is 5.48. The summed E-state index contributed by atoms with van der Waals surface area (Å²) in [5, 5.41) is 0. The first-order chi connectivity index (χ1) is 7.90. The quantitative estimate of drug-likeness (QED) is 0.693. The lowest BCUT2D eigenvalue weighted by molar-refractivity contribution is -0.156. The zero-order valence-corrected chi connectivity index (χ0v) is 12.0. The van der Waals surface area contributed by atoms with Crippen LogP contribution >= 0.6 is 0 Å². The molecule has 1 aliphatic carbocycles. The Morgan fingerprint density at radius 1 is 1.24 bits per heavy atom. The standard InChI is InChI=1S/C15H28O2/c1-10(2)8-15(16)17-14-9-12(5)6-7-13(14)11(3)4/h10-14H,6-9H2,1-5H3/t12-,13-,14+/m0/s1. The summed E-state index contributed by atoms with van der Waals surface area (Å²) in [5.74, 6) is 2.24. The predicted octanol–water partition coefficient (Wildman–Crippen LogP) is 4.04. The topological polar surface area (TPSA) is 26.3 Å². The average Bonchev–Trinajstić information content (AvgIpc) is 2.15. The van der Waals surface area contributed by atoms with Gasteiger partial charge in [-0.15, -0.1) is 0 Å². The molecule has 0 heterocycles. The molecule has 0 unspecified atom stereocenters. The molecule has 100 valence electrons. The molecule has 3 atom stereocenters. The maximum atomic E-state index is 11.8. The molecule has 0 aromatic rings. The van der Waals surface area contributed by atoms with E-state index < -0.39 is 0 Å². The van der Waals surface area contributed by atoms with E-state index in [1.165, 1.54) is 12.8 Å². The van der Waals surface area contributed by atoms with Gasteiger partial charge in [0.1, 0.15) is 6.10 Å². The fourth-order valence-electron chi connectivity index (χ4n) is 2.80. The van der Waals surface area contributed by atoms with Gasteiger partial charge >= 0.3 is 5.97 Å². The summed E-state index contributed by atoms with van der Waals surface area (Å²) >= 11 is 0. The maximum Gasteiger partial charge on any atom is 0.306 e. The Hall–Kier alpha value is -0.530. The second-order valence-corrected chi connectivity index (χ2v) is 6.45. The summed E-state index contributed by atoms with van der Waals surface area (Å²) in [6.45, 7) is 10.9. The van der Waals surface area contributed by atoms with Crippen LogP contribution in [0.2, 0.25) is 0 Å². The van der Waals surface area contributed by atoms with Crippen molar-refractivity contribution in [2.45, 2.75) is 66.4 Å². The lowest BCUT2D eigenvalue weighted by atomic mass is 9.75. The molecule has 1 fully saturated rings. The summed E-state index contributed by atoms with van der Waals surface area (Å²) in [4.78, 5) is 11.8. The highest BCUT2D eigenvalue weighted by Crippen LogP contribution is 2.35. The molecule has 0 amide bonds. The molecule has 0 N–H and O–H groups in total. The van der Waals surface area contributed by atoms with Crippen LogP contribution < -0.4 is 0 Å². The van der Waals surface area contributed by atoms with Gasteiger partial charge in [-0.3, -0.25) is 4.79 Å². The highest BCUT2D eigenvalue weighted by molar-refractivity contribution is 5.69. The fourth-order valence-corrected chi connectivity index (χ4v) is 2.80. The minimum absolute atomic E-state index is 0.00949. The SMILES string of the molecule is CC(C)CC(=O)O[C@@H]1C[C@@H](C)CC[C@H]1C(C)C. The van der Waals surface area contributed by atoms with Crippen LogP contribution in [-0.4, -0.2) is 12.1 Å². The van der Waals surface area contributed by atoms with E-state index in [-0.39, 0.29) is 12.1 Å². The molecule has 1 saturated carbocycles. The first-order valence-electron chi connectivity index (χ1n) is 7.09. The van der Waals surface area contributed by atoms with Crippen molar-refractivity contribution in [2.24, 2.45) is 23.7 Å². The molecule has 17 heavy (non-hydrogen) atoms. The van der Waals surface area contributed by atoms with Gasteiger partial charge in [-0.2, -0.15) is 0 Å². The van der Waals surface area contributed by atoms with E-state index in [2.05, 4.69) is 34.6 Å². The fraction of sp³-hybridized carbons (Fsp3) is 0.933. The molecule has 0 aromatic carbocycles. The van der Waals surface area contributed by atoms with Crippen molar-refractivity contribution in [1.82, 2.24) is 0 Å². The minimum Gasteiger partial charge on any atom is -0.462 e. The van der Waals surface area contributed by atoms with Gasteiger partial charge < -0.3 is 4.74 Å². The van der Waals surface area contributed by atoms with Gasteiger partial charge in [0.05, 0.1) is 0 Å². The largest absolute Gasteiger partial charge is 0.462 e. The van der Waals surface area contributed by atoms with Gasteiger partial charge in [-0.25, -0.2) is 0 Å². The molecule has 0 bridgehead atoms. The van der Waals surface area contributed by atoms with Crippen molar-refractivity contribution in [2.75, 3.05) is 0 Å². The van der Waals surface area contributed by atoms with Gasteiger partial charge in [0, 0.05) is 6.42 Å². The van der Waals surface area contributed by atoms with Crippen molar-refractivity contribution in [3.8, 4) is 0 Å². The maximum absolute atomic E-state index is 11.8. The number of carbonyl (C=O) groups is 1. The number of esters is 1. The number of carbonyl (C=O) groups excluding carboxylic acids is 1. The van der Waals surface area contributed by atoms with Crippen LogP contribution in [-0.2, 0) is 9.53 Å². The van der Waals surface area contributed by atoms with Crippen LogP contribution in [0.25, 0.3) is 0 Å². The van der Waals surface area contributed by atoms with Gasteiger partial charge in [0.2, 0.25) is 0 Å². The van der Waals surface area contributed by atoms with E-state index in [1.54, 1.807) is 0 Å². The molecule has 2 heteroatoms. The molecule has 1 aliphatic rings. The zero-order chi connectivity index (χ0) is 13.0. The number of rotatable bonds is 4. The van der Waals surface area contributed by atoms with E-state index in [0.29, 0.717) is 30.1 Å². The van der Waals surface area contributed by atoms with Crippen molar-refractivity contribution in [3.63, 3.8) is 0 Å².